The Morgan fingerprint density at radius 2 is 2.20 bits per heavy atom. The topological polar surface area (TPSA) is 65.9 Å². The Kier molecular flexibility index (Phi) is 2.94. The fraction of sp³-hybridized carbons (Fsp3) is 0.154. The molecule has 1 aromatic carbocycles. The standard InChI is InChI=1S/C13H11ClN4O2/c1-16-11(14)7-15-12(16)8-17-6-5-9-3-2-4-10(13(9)17)18(19)20/h2-7H,8H2,1H3. The molecule has 20 heavy (non-hydrogen) atoms. The molecular formula is C13H11ClN4O2. The van der Waals surface area contributed by atoms with Gasteiger partial charge in [-0.1, -0.05) is 23.7 Å². The number of para-hydroxylation sites is 1. The van der Waals surface area contributed by atoms with Crippen LogP contribution >= 0.6 is 11.6 Å². The number of nitro benzene ring substituents is 1. The summed E-state index contributed by atoms with van der Waals surface area (Å²) in [5.41, 5.74) is 0.685. The smallest absolute Gasteiger partial charge is 0.293 e. The third-order valence-electron chi connectivity index (χ3n) is 3.30. The summed E-state index contributed by atoms with van der Waals surface area (Å²) in [6.07, 6.45) is 3.39. The quantitative estimate of drug-likeness (QED) is 0.550. The summed E-state index contributed by atoms with van der Waals surface area (Å²) in [7, 11) is 1.81. The third kappa shape index (κ3) is 1.94. The van der Waals surface area contributed by atoms with Gasteiger partial charge in [-0.05, 0) is 6.07 Å². The molecule has 0 aliphatic heterocycles. The van der Waals surface area contributed by atoms with Crippen molar-refractivity contribution in [1.82, 2.24) is 14.1 Å². The summed E-state index contributed by atoms with van der Waals surface area (Å²) in [5.74, 6) is 0.741. The van der Waals surface area contributed by atoms with Crippen LogP contribution in [0.2, 0.25) is 5.15 Å². The van der Waals surface area contributed by atoms with Gasteiger partial charge in [0.1, 0.15) is 16.5 Å². The van der Waals surface area contributed by atoms with Crippen molar-refractivity contribution in [2.75, 3.05) is 0 Å². The zero-order valence-corrected chi connectivity index (χ0v) is 11.4. The van der Waals surface area contributed by atoms with Crippen molar-refractivity contribution in [3.63, 3.8) is 0 Å². The molecule has 0 unspecified atom stereocenters. The van der Waals surface area contributed by atoms with Gasteiger partial charge in [0.05, 0.1) is 17.7 Å². The van der Waals surface area contributed by atoms with Crippen LogP contribution < -0.4 is 0 Å². The highest BCUT2D eigenvalue weighted by Gasteiger charge is 2.16. The Labute approximate surface area is 119 Å². The molecule has 7 heteroatoms. The summed E-state index contributed by atoms with van der Waals surface area (Å²) in [4.78, 5) is 15.0. The molecule has 3 rings (SSSR count). The van der Waals surface area contributed by atoms with Gasteiger partial charge in [-0.3, -0.25) is 10.1 Å². The predicted octanol–water partition coefficient (Wildman–Crippen LogP) is 2.98. The number of hydrogen-bond acceptors (Lipinski definition) is 3. The first-order valence-corrected chi connectivity index (χ1v) is 6.34. The summed E-state index contributed by atoms with van der Waals surface area (Å²) < 4.78 is 3.56. The summed E-state index contributed by atoms with van der Waals surface area (Å²) in [5, 5.41) is 12.5. The van der Waals surface area contributed by atoms with Gasteiger partial charge >= 0.3 is 0 Å². The summed E-state index contributed by atoms with van der Waals surface area (Å²) >= 11 is 5.95. The van der Waals surface area contributed by atoms with Crippen molar-refractivity contribution in [2.45, 2.75) is 6.54 Å². The lowest BCUT2D eigenvalue weighted by Crippen LogP contribution is -2.06. The molecule has 2 aromatic heterocycles. The van der Waals surface area contributed by atoms with Crippen LogP contribution in [0.4, 0.5) is 5.69 Å². The van der Waals surface area contributed by atoms with E-state index >= 15 is 0 Å². The fourth-order valence-corrected chi connectivity index (χ4v) is 2.39. The maximum atomic E-state index is 11.1. The van der Waals surface area contributed by atoms with Crippen LogP contribution in [-0.2, 0) is 13.6 Å². The van der Waals surface area contributed by atoms with Crippen LogP contribution in [0.1, 0.15) is 5.82 Å². The second-order valence-electron chi connectivity index (χ2n) is 4.47. The molecule has 0 aliphatic rings. The molecule has 3 aromatic rings. The van der Waals surface area contributed by atoms with Crippen molar-refractivity contribution in [1.29, 1.82) is 0 Å². The van der Waals surface area contributed by atoms with Crippen molar-refractivity contribution in [3.8, 4) is 0 Å². The van der Waals surface area contributed by atoms with E-state index in [4.69, 9.17) is 11.6 Å². The molecule has 6 nitrogen and oxygen atoms in total. The van der Waals surface area contributed by atoms with Gasteiger partial charge in [-0.25, -0.2) is 4.98 Å². The minimum Gasteiger partial charge on any atom is -0.334 e. The molecule has 2 heterocycles. The van der Waals surface area contributed by atoms with E-state index in [-0.39, 0.29) is 10.6 Å². The van der Waals surface area contributed by atoms with Gasteiger partial charge < -0.3 is 9.13 Å². The van der Waals surface area contributed by atoms with Crippen LogP contribution in [0.5, 0.6) is 0 Å². The second kappa shape index (κ2) is 4.64. The number of benzene rings is 1. The van der Waals surface area contributed by atoms with E-state index < -0.39 is 0 Å². The molecule has 0 aliphatic carbocycles. The Balaban J connectivity index is 2.13. The lowest BCUT2D eigenvalue weighted by Gasteiger charge is -2.06. The molecule has 0 radical (unpaired) electrons. The van der Waals surface area contributed by atoms with Crippen molar-refractivity contribution < 1.29 is 4.92 Å². The van der Waals surface area contributed by atoms with Crippen molar-refractivity contribution >= 4 is 28.2 Å². The number of aromatic nitrogens is 3. The first kappa shape index (κ1) is 12.7. The molecular weight excluding hydrogens is 280 g/mol. The number of nitrogens with zero attached hydrogens (tertiary/aromatic N) is 4. The lowest BCUT2D eigenvalue weighted by atomic mass is 10.2. The number of nitro groups is 1. The average molecular weight is 291 g/mol. The molecule has 0 amide bonds. The van der Waals surface area contributed by atoms with Gasteiger partial charge in [0.15, 0.2) is 0 Å². The van der Waals surface area contributed by atoms with Crippen LogP contribution in [0, 0.1) is 10.1 Å². The van der Waals surface area contributed by atoms with E-state index in [0.29, 0.717) is 17.2 Å². The van der Waals surface area contributed by atoms with E-state index in [2.05, 4.69) is 4.98 Å². The zero-order chi connectivity index (χ0) is 14.3. The first-order chi connectivity index (χ1) is 9.58. The SMILES string of the molecule is Cn1c(Cl)cnc1Cn1ccc2cccc([N+](=O)[O-])c21. The normalized spacial score (nSPS) is 11.1. The van der Waals surface area contributed by atoms with E-state index in [1.807, 2.05) is 29.9 Å². The molecule has 0 saturated heterocycles. The van der Waals surface area contributed by atoms with Crippen LogP contribution in [-0.4, -0.2) is 19.0 Å². The molecule has 0 spiro atoms. The highest BCUT2D eigenvalue weighted by Crippen LogP contribution is 2.27. The number of hydrogen-bond donors (Lipinski definition) is 0. The molecule has 0 atom stereocenters. The first-order valence-electron chi connectivity index (χ1n) is 5.96. The van der Waals surface area contributed by atoms with Crippen LogP contribution in [0.3, 0.4) is 0 Å². The number of fused-ring (bicyclic) bond motifs is 1. The molecule has 0 bridgehead atoms. The van der Waals surface area contributed by atoms with Crippen molar-refractivity contribution in [2.24, 2.45) is 7.05 Å². The molecule has 0 fully saturated rings. The Bertz CT molecular complexity index is 806. The van der Waals surface area contributed by atoms with Gasteiger partial charge in [0.25, 0.3) is 5.69 Å². The monoisotopic (exact) mass is 290 g/mol. The number of non-ortho nitro benzene ring substituents is 1. The Morgan fingerprint density at radius 1 is 1.40 bits per heavy atom. The summed E-state index contributed by atoms with van der Waals surface area (Å²) in [6.45, 7) is 0.428. The Morgan fingerprint density at radius 3 is 2.85 bits per heavy atom. The van der Waals surface area contributed by atoms with E-state index in [1.165, 1.54) is 6.07 Å². The lowest BCUT2D eigenvalue weighted by molar-refractivity contribution is -0.383. The van der Waals surface area contributed by atoms with Gasteiger partial charge in [0, 0.05) is 24.7 Å². The van der Waals surface area contributed by atoms with Crippen LogP contribution in [0.15, 0.2) is 36.7 Å². The van der Waals surface area contributed by atoms with E-state index in [1.54, 1.807) is 16.8 Å². The number of imidazole rings is 1. The highest BCUT2D eigenvalue weighted by atomic mass is 35.5. The highest BCUT2D eigenvalue weighted by molar-refractivity contribution is 6.29. The van der Waals surface area contributed by atoms with Gasteiger partial charge in [0.2, 0.25) is 0 Å². The maximum absolute atomic E-state index is 11.1. The molecule has 0 N–H and O–H groups in total. The maximum Gasteiger partial charge on any atom is 0.293 e. The second-order valence-corrected chi connectivity index (χ2v) is 4.86. The fourth-order valence-electron chi connectivity index (χ4n) is 2.24. The average Bonchev–Trinajstić information content (AvgIpc) is 2.97. The third-order valence-corrected chi connectivity index (χ3v) is 3.65. The molecule has 0 saturated carbocycles. The molecule has 102 valence electrons. The van der Waals surface area contributed by atoms with Gasteiger partial charge in [-0.15, -0.1) is 0 Å². The minimum absolute atomic E-state index is 0.0906. The van der Waals surface area contributed by atoms with Crippen LogP contribution in [0.25, 0.3) is 10.9 Å². The predicted molar refractivity (Wildman–Crippen MR) is 75.9 cm³/mol. The number of halogens is 1. The zero-order valence-electron chi connectivity index (χ0n) is 10.7. The van der Waals surface area contributed by atoms with Crippen molar-refractivity contribution in [3.05, 3.63) is 57.8 Å². The number of rotatable bonds is 3. The van der Waals surface area contributed by atoms with Gasteiger partial charge in [-0.2, -0.15) is 0 Å². The van der Waals surface area contributed by atoms with E-state index in [0.717, 1.165) is 11.2 Å². The Hall–Kier alpha value is -2.34. The summed E-state index contributed by atoms with van der Waals surface area (Å²) in [6, 6.07) is 6.89. The largest absolute Gasteiger partial charge is 0.334 e. The van der Waals surface area contributed by atoms with E-state index in [9.17, 15) is 10.1 Å². The minimum atomic E-state index is -0.371.